The number of ether oxygens (including phenoxy) is 1. The zero-order valence-electron chi connectivity index (χ0n) is 13.1. The molecule has 114 valence electrons. The van der Waals surface area contributed by atoms with Crippen LogP contribution in [0.4, 0.5) is 0 Å². The van der Waals surface area contributed by atoms with Gasteiger partial charge in [-0.1, -0.05) is 60.7 Å². The van der Waals surface area contributed by atoms with Gasteiger partial charge in [-0.15, -0.1) is 0 Å². The van der Waals surface area contributed by atoms with E-state index in [2.05, 4.69) is 0 Å². The van der Waals surface area contributed by atoms with E-state index in [1.165, 1.54) is 0 Å². The van der Waals surface area contributed by atoms with Gasteiger partial charge in [0.15, 0.2) is 0 Å². The molecule has 0 radical (unpaired) electrons. The smallest absolute Gasteiger partial charge is 0.325 e. The van der Waals surface area contributed by atoms with Gasteiger partial charge in [0.2, 0.25) is 0 Å². The Hall–Kier alpha value is -2.42. The van der Waals surface area contributed by atoms with Crippen LogP contribution in [0.3, 0.4) is 0 Å². The lowest BCUT2D eigenvalue weighted by Crippen LogP contribution is -2.29. The van der Waals surface area contributed by atoms with E-state index in [9.17, 15) is 9.59 Å². The first-order valence-electron chi connectivity index (χ1n) is 7.25. The summed E-state index contributed by atoms with van der Waals surface area (Å²) in [5.41, 5.74) is 0.897. The normalized spacial score (nSPS) is 11.3. The second kappa shape index (κ2) is 6.56. The molecule has 22 heavy (non-hydrogen) atoms. The van der Waals surface area contributed by atoms with E-state index in [0.717, 1.165) is 11.1 Å². The topological polar surface area (TPSA) is 43.4 Å². The average Bonchev–Trinajstić information content (AvgIpc) is 2.48. The van der Waals surface area contributed by atoms with Crippen molar-refractivity contribution in [1.29, 1.82) is 0 Å². The van der Waals surface area contributed by atoms with Crippen LogP contribution in [0.25, 0.3) is 0 Å². The van der Waals surface area contributed by atoms with Crippen molar-refractivity contribution in [3.8, 4) is 0 Å². The summed E-state index contributed by atoms with van der Waals surface area (Å²) in [7, 11) is 0. The maximum absolute atomic E-state index is 12.6. The Morgan fingerprint density at radius 2 is 1.23 bits per heavy atom. The number of carbonyl (C=O) groups excluding carboxylic acids is 2. The molecule has 3 heteroatoms. The molecule has 0 aliphatic heterocycles. The van der Waals surface area contributed by atoms with Gasteiger partial charge >= 0.3 is 11.9 Å². The molecule has 3 nitrogen and oxygen atoms in total. The fraction of sp³-hybridized carbons (Fsp3) is 0.263. The number of esters is 2. The molecule has 0 atom stereocenters. The van der Waals surface area contributed by atoms with Gasteiger partial charge < -0.3 is 4.74 Å². The summed E-state index contributed by atoms with van der Waals surface area (Å²) in [5, 5.41) is 0. The van der Waals surface area contributed by atoms with Crippen LogP contribution in [0.5, 0.6) is 0 Å². The molecule has 0 unspecified atom stereocenters. The number of benzene rings is 2. The van der Waals surface area contributed by atoms with E-state index in [0.29, 0.717) is 0 Å². The molecular formula is C19H20O3. The second-order valence-electron chi connectivity index (χ2n) is 6.21. The van der Waals surface area contributed by atoms with Gasteiger partial charge in [-0.3, -0.25) is 9.59 Å². The lowest BCUT2D eigenvalue weighted by Gasteiger charge is -2.20. The highest BCUT2D eigenvalue weighted by Crippen LogP contribution is 2.27. The van der Waals surface area contributed by atoms with Gasteiger partial charge in [-0.05, 0) is 31.9 Å². The number of rotatable bonds is 3. The van der Waals surface area contributed by atoms with E-state index in [1.807, 2.05) is 60.7 Å². The lowest BCUT2D eigenvalue weighted by atomic mass is 9.91. The largest absolute Gasteiger partial charge is 0.392 e. The summed E-state index contributed by atoms with van der Waals surface area (Å²) in [5.74, 6) is -1.67. The van der Waals surface area contributed by atoms with E-state index < -0.39 is 23.3 Å². The predicted octanol–water partition coefficient (Wildman–Crippen LogP) is 3.93. The third kappa shape index (κ3) is 3.82. The second-order valence-corrected chi connectivity index (χ2v) is 6.21. The Balaban J connectivity index is 2.34. The number of hydrogen-bond acceptors (Lipinski definition) is 3. The first-order valence-corrected chi connectivity index (χ1v) is 7.25. The zero-order chi connectivity index (χ0) is 16.2. The predicted molar refractivity (Wildman–Crippen MR) is 85.3 cm³/mol. The van der Waals surface area contributed by atoms with Crippen LogP contribution < -0.4 is 0 Å². The Kier molecular flexibility index (Phi) is 4.76. The van der Waals surface area contributed by atoms with Crippen molar-refractivity contribution < 1.29 is 14.3 Å². The molecule has 0 spiro atoms. The van der Waals surface area contributed by atoms with Crippen LogP contribution in [0.2, 0.25) is 0 Å². The fourth-order valence-electron chi connectivity index (χ4n) is 2.06. The van der Waals surface area contributed by atoms with E-state index in [1.54, 1.807) is 20.8 Å². The van der Waals surface area contributed by atoms with E-state index in [4.69, 9.17) is 4.74 Å². The summed E-state index contributed by atoms with van der Waals surface area (Å²) in [6.45, 7) is 5.17. The SMILES string of the molecule is CC(C)(C)C(=O)OC(=O)C(c1ccccc1)c1ccccc1. The summed E-state index contributed by atoms with van der Waals surface area (Å²) in [6, 6.07) is 18.7. The van der Waals surface area contributed by atoms with Gasteiger partial charge in [0.25, 0.3) is 0 Å². The van der Waals surface area contributed by atoms with Crippen LogP contribution in [0, 0.1) is 5.41 Å². The Morgan fingerprint density at radius 3 is 1.59 bits per heavy atom. The molecule has 0 fully saturated rings. The first-order chi connectivity index (χ1) is 10.4. The molecular weight excluding hydrogens is 276 g/mol. The highest BCUT2D eigenvalue weighted by atomic mass is 16.6. The van der Waals surface area contributed by atoms with E-state index in [-0.39, 0.29) is 0 Å². The molecule has 0 bridgehead atoms. The highest BCUT2D eigenvalue weighted by Gasteiger charge is 2.31. The summed E-state index contributed by atoms with van der Waals surface area (Å²) < 4.78 is 5.11. The monoisotopic (exact) mass is 296 g/mol. The zero-order valence-corrected chi connectivity index (χ0v) is 13.1. The van der Waals surface area contributed by atoms with Gasteiger partial charge in [-0.2, -0.15) is 0 Å². The molecule has 2 aromatic carbocycles. The molecule has 0 N–H and O–H groups in total. The standard InChI is InChI=1S/C19H20O3/c1-19(2,3)18(21)22-17(20)16(14-10-6-4-7-11-14)15-12-8-5-9-13-15/h4-13,16H,1-3H3. The maximum atomic E-state index is 12.6. The molecule has 0 heterocycles. The molecule has 0 aliphatic carbocycles. The van der Waals surface area contributed by atoms with Gasteiger partial charge in [0.1, 0.15) is 5.92 Å². The van der Waals surface area contributed by atoms with E-state index >= 15 is 0 Å². The van der Waals surface area contributed by atoms with Crippen LogP contribution >= 0.6 is 0 Å². The minimum absolute atomic E-state index is 0.519. The molecule has 0 aromatic heterocycles. The lowest BCUT2D eigenvalue weighted by molar-refractivity contribution is -0.166. The van der Waals surface area contributed by atoms with Crippen molar-refractivity contribution in [1.82, 2.24) is 0 Å². The Labute approximate surface area is 130 Å². The summed E-state index contributed by atoms with van der Waals surface area (Å²) >= 11 is 0. The molecule has 0 saturated heterocycles. The van der Waals surface area contributed by atoms with Crippen molar-refractivity contribution in [2.24, 2.45) is 5.41 Å². The van der Waals surface area contributed by atoms with Crippen molar-refractivity contribution in [3.63, 3.8) is 0 Å². The number of carbonyl (C=O) groups is 2. The highest BCUT2D eigenvalue weighted by molar-refractivity contribution is 5.93. The molecule has 0 aliphatic rings. The summed E-state index contributed by atoms with van der Waals surface area (Å²) in [6.07, 6.45) is 0. The fourth-order valence-corrected chi connectivity index (χ4v) is 2.06. The van der Waals surface area contributed by atoms with Crippen LogP contribution in [0.1, 0.15) is 37.8 Å². The van der Waals surface area contributed by atoms with Crippen molar-refractivity contribution >= 4 is 11.9 Å². The van der Waals surface area contributed by atoms with Crippen LogP contribution in [-0.2, 0) is 14.3 Å². The molecule has 0 saturated carbocycles. The number of hydrogen-bond donors (Lipinski definition) is 0. The minimum Gasteiger partial charge on any atom is -0.392 e. The van der Waals surface area contributed by atoms with Gasteiger partial charge in [-0.25, -0.2) is 0 Å². The Bertz CT molecular complexity index is 600. The molecule has 2 aromatic rings. The molecule has 2 rings (SSSR count). The Morgan fingerprint density at radius 1 is 0.818 bits per heavy atom. The quantitative estimate of drug-likeness (QED) is 0.636. The minimum atomic E-state index is -0.715. The van der Waals surface area contributed by atoms with Gasteiger partial charge in [0, 0.05) is 0 Å². The average molecular weight is 296 g/mol. The van der Waals surface area contributed by atoms with Gasteiger partial charge in [0.05, 0.1) is 5.41 Å². The maximum Gasteiger partial charge on any atom is 0.325 e. The third-order valence-electron chi connectivity index (χ3n) is 3.31. The van der Waals surface area contributed by atoms with Crippen LogP contribution in [-0.4, -0.2) is 11.9 Å². The third-order valence-corrected chi connectivity index (χ3v) is 3.31. The van der Waals surface area contributed by atoms with Crippen LogP contribution in [0.15, 0.2) is 60.7 Å². The first kappa shape index (κ1) is 16.0. The summed E-state index contributed by atoms with van der Waals surface area (Å²) in [4.78, 5) is 24.6. The van der Waals surface area contributed by atoms with Crippen molar-refractivity contribution in [2.45, 2.75) is 26.7 Å². The molecule has 0 amide bonds. The van der Waals surface area contributed by atoms with Crippen molar-refractivity contribution in [3.05, 3.63) is 71.8 Å². The van der Waals surface area contributed by atoms with Crippen molar-refractivity contribution in [2.75, 3.05) is 0 Å².